The van der Waals surface area contributed by atoms with Gasteiger partial charge in [-0.2, -0.15) is 5.10 Å². The summed E-state index contributed by atoms with van der Waals surface area (Å²) in [4.78, 5) is 0. The van der Waals surface area contributed by atoms with Crippen molar-refractivity contribution in [1.29, 1.82) is 0 Å². The van der Waals surface area contributed by atoms with Gasteiger partial charge in [0.15, 0.2) is 0 Å². The van der Waals surface area contributed by atoms with E-state index in [1.54, 1.807) is 4.68 Å². The molecule has 1 aromatic carbocycles. The minimum absolute atomic E-state index is 0.0398. The van der Waals surface area contributed by atoms with Gasteiger partial charge < -0.3 is 10.8 Å². The molecule has 0 saturated carbocycles. The zero-order valence-corrected chi connectivity index (χ0v) is 8.30. The van der Waals surface area contributed by atoms with Gasteiger partial charge in [0.1, 0.15) is 0 Å². The Morgan fingerprint density at radius 3 is 2.60 bits per heavy atom. The third-order valence-corrected chi connectivity index (χ3v) is 2.21. The lowest BCUT2D eigenvalue weighted by atomic mass is 10.3. The van der Waals surface area contributed by atoms with Crippen LogP contribution in [0.4, 0.5) is 0 Å². The van der Waals surface area contributed by atoms with Crippen LogP contribution in [0.2, 0.25) is 0 Å². The number of hydrogen-bond donors (Lipinski definition) is 2. The van der Waals surface area contributed by atoms with E-state index in [4.69, 9.17) is 5.73 Å². The molecule has 2 aromatic rings. The lowest BCUT2D eigenvalue weighted by molar-refractivity contribution is 0.273. The van der Waals surface area contributed by atoms with Gasteiger partial charge in [0.2, 0.25) is 0 Å². The maximum absolute atomic E-state index is 9.19. The van der Waals surface area contributed by atoms with Crippen LogP contribution in [0.5, 0.6) is 0 Å². The molecule has 0 amide bonds. The summed E-state index contributed by atoms with van der Waals surface area (Å²) in [5.41, 5.74) is 7.97. The average Bonchev–Trinajstić information content (AvgIpc) is 2.73. The van der Waals surface area contributed by atoms with E-state index in [2.05, 4.69) is 5.10 Å². The first-order chi connectivity index (χ1) is 7.35. The van der Waals surface area contributed by atoms with Crippen molar-refractivity contribution in [2.75, 3.05) is 0 Å². The van der Waals surface area contributed by atoms with E-state index in [-0.39, 0.29) is 6.61 Å². The zero-order valence-electron chi connectivity index (χ0n) is 8.30. The van der Waals surface area contributed by atoms with E-state index in [1.807, 2.05) is 36.4 Å². The van der Waals surface area contributed by atoms with Crippen molar-refractivity contribution in [2.45, 2.75) is 13.2 Å². The number of aliphatic hydroxyl groups is 1. The normalized spacial score (nSPS) is 10.5. The van der Waals surface area contributed by atoms with Crippen molar-refractivity contribution in [2.24, 2.45) is 5.73 Å². The minimum atomic E-state index is -0.0398. The quantitative estimate of drug-likeness (QED) is 0.776. The molecule has 15 heavy (non-hydrogen) atoms. The second kappa shape index (κ2) is 4.25. The van der Waals surface area contributed by atoms with E-state index < -0.39 is 0 Å². The maximum Gasteiger partial charge on any atom is 0.0854 e. The molecule has 0 aliphatic heterocycles. The maximum atomic E-state index is 9.19. The molecule has 0 spiro atoms. The van der Waals surface area contributed by atoms with Crippen LogP contribution in [0.25, 0.3) is 5.69 Å². The van der Waals surface area contributed by atoms with E-state index in [0.29, 0.717) is 6.54 Å². The highest BCUT2D eigenvalue weighted by Gasteiger charge is 2.06. The van der Waals surface area contributed by atoms with E-state index in [9.17, 15) is 5.11 Å². The number of aliphatic hydroxyl groups excluding tert-OH is 1. The summed E-state index contributed by atoms with van der Waals surface area (Å²) in [6.07, 6.45) is 0. The van der Waals surface area contributed by atoms with Crippen molar-refractivity contribution in [3.05, 3.63) is 47.8 Å². The van der Waals surface area contributed by atoms with Gasteiger partial charge in [-0.15, -0.1) is 0 Å². The first-order valence-corrected chi connectivity index (χ1v) is 4.79. The van der Waals surface area contributed by atoms with Gasteiger partial charge in [0.05, 0.1) is 23.7 Å². The molecule has 78 valence electrons. The first-order valence-electron chi connectivity index (χ1n) is 4.79. The van der Waals surface area contributed by atoms with Gasteiger partial charge in [-0.05, 0) is 18.2 Å². The van der Waals surface area contributed by atoms with Crippen molar-refractivity contribution >= 4 is 0 Å². The minimum Gasteiger partial charge on any atom is -0.390 e. The molecule has 0 radical (unpaired) electrons. The molecule has 0 unspecified atom stereocenters. The smallest absolute Gasteiger partial charge is 0.0854 e. The van der Waals surface area contributed by atoms with E-state index in [0.717, 1.165) is 17.1 Å². The third-order valence-electron chi connectivity index (χ3n) is 2.21. The Labute approximate surface area is 88.0 Å². The Morgan fingerprint density at radius 1 is 1.27 bits per heavy atom. The first kappa shape index (κ1) is 9.89. The lowest BCUT2D eigenvalue weighted by Crippen LogP contribution is -2.03. The second-order valence-corrected chi connectivity index (χ2v) is 3.24. The summed E-state index contributed by atoms with van der Waals surface area (Å²) >= 11 is 0. The molecule has 0 atom stereocenters. The standard InChI is InChI=1S/C11H13N3O/c12-7-9-6-11(8-15)14(13-9)10-4-2-1-3-5-10/h1-6,15H,7-8,12H2. The molecule has 4 heteroatoms. The van der Waals surface area contributed by atoms with Crippen molar-refractivity contribution in [3.63, 3.8) is 0 Å². The molecule has 0 aliphatic carbocycles. The molecule has 0 saturated heterocycles. The molecule has 0 bridgehead atoms. The number of benzene rings is 1. The highest BCUT2D eigenvalue weighted by molar-refractivity contribution is 5.33. The Bertz CT molecular complexity index is 436. The Hall–Kier alpha value is -1.65. The van der Waals surface area contributed by atoms with E-state index in [1.165, 1.54) is 0 Å². The topological polar surface area (TPSA) is 64.1 Å². The summed E-state index contributed by atoms with van der Waals surface area (Å²) in [6.45, 7) is 0.342. The van der Waals surface area contributed by atoms with Crippen LogP contribution in [0.3, 0.4) is 0 Å². The van der Waals surface area contributed by atoms with Crippen LogP contribution >= 0.6 is 0 Å². The number of rotatable bonds is 3. The molecular formula is C11H13N3O. The summed E-state index contributed by atoms with van der Waals surface area (Å²) in [5.74, 6) is 0. The molecule has 3 N–H and O–H groups in total. The van der Waals surface area contributed by atoms with Crippen LogP contribution in [-0.4, -0.2) is 14.9 Å². The molecule has 0 fully saturated rings. The number of hydrogen-bond acceptors (Lipinski definition) is 3. The molecule has 0 aliphatic rings. The Kier molecular flexibility index (Phi) is 2.80. The van der Waals surface area contributed by atoms with Crippen LogP contribution in [0, 0.1) is 0 Å². The van der Waals surface area contributed by atoms with Gasteiger partial charge in [0.25, 0.3) is 0 Å². The van der Waals surface area contributed by atoms with Crippen molar-refractivity contribution in [3.8, 4) is 5.69 Å². The van der Waals surface area contributed by atoms with Crippen LogP contribution in [0.1, 0.15) is 11.4 Å². The number of aromatic nitrogens is 2. The van der Waals surface area contributed by atoms with E-state index >= 15 is 0 Å². The number of nitrogens with zero attached hydrogens (tertiary/aromatic N) is 2. The molecule has 4 nitrogen and oxygen atoms in total. The zero-order chi connectivity index (χ0) is 10.7. The predicted octanol–water partition coefficient (Wildman–Crippen LogP) is 0.823. The average molecular weight is 203 g/mol. The monoisotopic (exact) mass is 203 g/mol. The summed E-state index contributed by atoms with van der Waals surface area (Å²) in [5, 5.41) is 13.5. The van der Waals surface area contributed by atoms with Crippen LogP contribution in [-0.2, 0) is 13.2 Å². The predicted molar refractivity (Wildman–Crippen MR) is 57.4 cm³/mol. The fraction of sp³-hybridized carbons (Fsp3) is 0.182. The fourth-order valence-corrected chi connectivity index (χ4v) is 1.48. The molecule has 1 aromatic heterocycles. The number of nitrogens with two attached hydrogens (primary N) is 1. The second-order valence-electron chi connectivity index (χ2n) is 3.24. The third kappa shape index (κ3) is 1.91. The van der Waals surface area contributed by atoms with Gasteiger partial charge in [-0.25, -0.2) is 4.68 Å². The van der Waals surface area contributed by atoms with Crippen molar-refractivity contribution < 1.29 is 5.11 Å². The summed E-state index contributed by atoms with van der Waals surface area (Å²) in [7, 11) is 0. The summed E-state index contributed by atoms with van der Waals surface area (Å²) in [6, 6.07) is 11.5. The lowest BCUT2D eigenvalue weighted by Gasteiger charge is -2.04. The Balaban J connectivity index is 2.47. The summed E-state index contributed by atoms with van der Waals surface area (Å²) < 4.78 is 1.71. The Morgan fingerprint density at radius 2 is 2.00 bits per heavy atom. The van der Waals surface area contributed by atoms with Crippen molar-refractivity contribution in [1.82, 2.24) is 9.78 Å². The molecule has 1 heterocycles. The van der Waals surface area contributed by atoms with Crippen LogP contribution < -0.4 is 5.73 Å². The van der Waals surface area contributed by atoms with Crippen LogP contribution in [0.15, 0.2) is 36.4 Å². The molecular weight excluding hydrogens is 190 g/mol. The fourth-order valence-electron chi connectivity index (χ4n) is 1.48. The highest BCUT2D eigenvalue weighted by Crippen LogP contribution is 2.12. The number of para-hydroxylation sites is 1. The van der Waals surface area contributed by atoms with Gasteiger partial charge in [-0.1, -0.05) is 18.2 Å². The molecule has 2 rings (SSSR count). The largest absolute Gasteiger partial charge is 0.390 e. The van der Waals surface area contributed by atoms with Gasteiger partial charge >= 0.3 is 0 Å². The highest BCUT2D eigenvalue weighted by atomic mass is 16.3. The van der Waals surface area contributed by atoms with Gasteiger partial charge in [-0.3, -0.25) is 0 Å². The SMILES string of the molecule is NCc1cc(CO)n(-c2ccccc2)n1. The van der Waals surface area contributed by atoms with Gasteiger partial charge in [0, 0.05) is 6.54 Å².